The molecule has 1 heterocycles. The topological polar surface area (TPSA) is 58.9 Å². The van der Waals surface area contributed by atoms with Gasteiger partial charge in [0, 0.05) is 12.2 Å². The van der Waals surface area contributed by atoms with Crippen molar-refractivity contribution >= 4 is 0 Å². The Balaban J connectivity index is 2.03. The first-order chi connectivity index (χ1) is 7.81. The van der Waals surface area contributed by atoms with Gasteiger partial charge >= 0.3 is 0 Å². The second-order valence-electron chi connectivity index (χ2n) is 3.83. The van der Waals surface area contributed by atoms with E-state index in [1.165, 1.54) is 0 Å². The molecule has 1 aliphatic rings. The van der Waals surface area contributed by atoms with Crippen LogP contribution < -0.4 is 0 Å². The van der Waals surface area contributed by atoms with Gasteiger partial charge in [-0.3, -0.25) is 0 Å². The minimum Gasteiger partial charge on any atom is -0.396 e. The zero-order valence-electron chi connectivity index (χ0n) is 8.95. The van der Waals surface area contributed by atoms with E-state index in [4.69, 9.17) is 14.6 Å². The minimum absolute atomic E-state index is 0.00321. The quantitative estimate of drug-likeness (QED) is 0.799. The number of hydrogen-bond acceptors (Lipinski definition) is 4. The monoisotopic (exact) mass is 224 g/mol. The lowest BCUT2D eigenvalue weighted by Gasteiger charge is -2.33. The van der Waals surface area contributed by atoms with Crippen LogP contribution in [-0.4, -0.2) is 35.6 Å². The van der Waals surface area contributed by atoms with Crippen molar-refractivity contribution in [2.24, 2.45) is 0 Å². The molecule has 0 radical (unpaired) electrons. The lowest BCUT2D eigenvalue weighted by Crippen LogP contribution is -2.40. The molecule has 1 fully saturated rings. The molecule has 2 rings (SSSR count). The van der Waals surface area contributed by atoms with Crippen LogP contribution in [0.25, 0.3) is 0 Å². The number of aliphatic hydroxyl groups is 2. The lowest BCUT2D eigenvalue weighted by atomic mass is 10.1. The van der Waals surface area contributed by atoms with Crippen LogP contribution in [-0.2, 0) is 9.47 Å². The van der Waals surface area contributed by atoms with Crippen molar-refractivity contribution in [2.45, 2.75) is 24.9 Å². The number of aliphatic hydroxyl groups excluding tert-OH is 2. The minimum atomic E-state index is -0.660. The summed E-state index contributed by atoms with van der Waals surface area (Å²) >= 11 is 0. The summed E-state index contributed by atoms with van der Waals surface area (Å²) in [5.74, 6) is 0. The zero-order chi connectivity index (χ0) is 11.4. The van der Waals surface area contributed by atoms with E-state index in [0.29, 0.717) is 6.42 Å². The third-order valence-corrected chi connectivity index (χ3v) is 2.63. The van der Waals surface area contributed by atoms with Gasteiger partial charge in [-0.15, -0.1) is 0 Å². The van der Waals surface area contributed by atoms with Crippen LogP contribution in [0, 0.1) is 0 Å². The van der Waals surface area contributed by atoms with E-state index in [0.717, 1.165) is 5.56 Å². The highest BCUT2D eigenvalue weighted by molar-refractivity contribution is 5.16. The highest BCUT2D eigenvalue weighted by Crippen LogP contribution is 2.27. The molecule has 0 bridgehead atoms. The Morgan fingerprint density at radius 2 is 2.00 bits per heavy atom. The first-order valence-electron chi connectivity index (χ1n) is 5.42. The number of ether oxygens (including phenoxy) is 2. The van der Waals surface area contributed by atoms with E-state index in [9.17, 15) is 5.11 Å². The summed E-state index contributed by atoms with van der Waals surface area (Å²) in [4.78, 5) is 0. The van der Waals surface area contributed by atoms with E-state index in [1.54, 1.807) is 0 Å². The van der Waals surface area contributed by atoms with E-state index >= 15 is 0 Å². The van der Waals surface area contributed by atoms with E-state index in [2.05, 4.69) is 0 Å². The fraction of sp³-hybridized carbons (Fsp3) is 0.500. The van der Waals surface area contributed by atoms with Gasteiger partial charge in [-0.25, -0.2) is 0 Å². The average molecular weight is 224 g/mol. The summed E-state index contributed by atoms with van der Waals surface area (Å²) in [6, 6.07) is 9.57. The second-order valence-corrected chi connectivity index (χ2v) is 3.83. The molecular weight excluding hydrogens is 208 g/mol. The Kier molecular flexibility index (Phi) is 3.90. The maximum atomic E-state index is 9.60. The van der Waals surface area contributed by atoms with Gasteiger partial charge in [0.15, 0.2) is 6.29 Å². The van der Waals surface area contributed by atoms with Gasteiger partial charge < -0.3 is 19.7 Å². The van der Waals surface area contributed by atoms with Crippen molar-refractivity contribution in [2.75, 3.05) is 13.2 Å². The molecule has 1 saturated heterocycles. The molecule has 4 heteroatoms. The Hall–Kier alpha value is -0.940. The Morgan fingerprint density at radius 3 is 2.69 bits per heavy atom. The van der Waals surface area contributed by atoms with Crippen molar-refractivity contribution < 1.29 is 19.7 Å². The molecule has 0 aliphatic carbocycles. The average Bonchev–Trinajstić information content (AvgIpc) is 2.33. The standard InChI is InChI=1S/C12H16O4/c13-7-6-11-10(14)8-15-12(16-11)9-4-2-1-3-5-9/h1-5,10-14H,6-8H2. The maximum absolute atomic E-state index is 9.60. The Labute approximate surface area is 94.4 Å². The van der Waals surface area contributed by atoms with Crippen LogP contribution in [0.2, 0.25) is 0 Å². The molecule has 0 amide bonds. The van der Waals surface area contributed by atoms with Gasteiger partial charge in [-0.05, 0) is 6.42 Å². The van der Waals surface area contributed by atoms with Crippen molar-refractivity contribution in [3.05, 3.63) is 35.9 Å². The molecule has 2 N–H and O–H groups in total. The largest absolute Gasteiger partial charge is 0.396 e. The molecular formula is C12H16O4. The summed E-state index contributed by atoms with van der Waals surface area (Å²) < 4.78 is 11.0. The van der Waals surface area contributed by atoms with Crippen LogP contribution in [0.15, 0.2) is 30.3 Å². The summed E-state index contributed by atoms with van der Waals surface area (Å²) in [5, 5.41) is 18.5. The molecule has 3 atom stereocenters. The molecule has 1 aromatic carbocycles. The highest BCUT2D eigenvalue weighted by Gasteiger charge is 2.30. The normalized spacial score (nSPS) is 30.2. The Morgan fingerprint density at radius 1 is 1.25 bits per heavy atom. The summed E-state index contributed by atoms with van der Waals surface area (Å²) in [6.07, 6.45) is -1.04. The fourth-order valence-corrected chi connectivity index (χ4v) is 1.75. The molecule has 0 spiro atoms. The van der Waals surface area contributed by atoms with Crippen LogP contribution in [0.5, 0.6) is 0 Å². The summed E-state index contributed by atoms with van der Waals surface area (Å²) in [7, 11) is 0. The van der Waals surface area contributed by atoms with Crippen molar-refractivity contribution in [1.82, 2.24) is 0 Å². The highest BCUT2D eigenvalue weighted by atomic mass is 16.7. The fourth-order valence-electron chi connectivity index (χ4n) is 1.75. The van der Waals surface area contributed by atoms with E-state index < -0.39 is 12.4 Å². The smallest absolute Gasteiger partial charge is 0.184 e. The molecule has 4 nitrogen and oxygen atoms in total. The predicted octanol–water partition coefficient (Wildman–Crippen LogP) is 0.844. The maximum Gasteiger partial charge on any atom is 0.184 e. The van der Waals surface area contributed by atoms with Crippen LogP contribution in [0.4, 0.5) is 0 Å². The van der Waals surface area contributed by atoms with Crippen molar-refractivity contribution in [3.63, 3.8) is 0 Å². The van der Waals surface area contributed by atoms with Gasteiger partial charge in [-0.1, -0.05) is 30.3 Å². The Bertz CT molecular complexity index is 314. The number of rotatable bonds is 3. The predicted molar refractivity (Wildman–Crippen MR) is 57.7 cm³/mol. The van der Waals surface area contributed by atoms with Gasteiger partial charge in [0.2, 0.25) is 0 Å². The van der Waals surface area contributed by atoms with Crippen molar-refractivity contribution in [3.8, 4) is 0 Å². The molecule has 1 aliphatic heterocycles. The first-order valence-corrected chi connectivity index (χ1v) is 5.42. The van der Waals surface area contributed by atoms with Gasteiger partial charge in [0.25, 0.3) is 0 Å². The molecule has 0 aromatic heterocycles. The second kappa shape index (κ2) is 5.41. The SMILES string of the molecule is OCCC1OC(c2ccccc2)OCC1O. The summed E-state index contributed by atoms with van der Waals surface area (Å²) in [6.45, 7) is 0.244. The van der Waals surface area contributed by atoms with Crippen molar-refractivity contribution in [1.29, 1.82) is 0 Å². The number of benzene rings is 1. The van der Waals surface area contributed by atoms with Gasteiger partial charge in [0.05, 0.1) is 12.7 Å². The van der Waals surface area contributed by atoms with Gasteiger partial charge in [0.1, 0.15) is 6.10 Å². The van der Waals surface area contributed by atoms with E-state index in [-0.39, 0.29) is 19.3 Å². The van der Waals surface area contributed by atoms with Crippen LogP contribution >= 0.6 is 0 Å². The molecule has 0 saturated carbocycles. The summed E-state index contributed by atoms with van der Waals surface area (Å²) in [5.41, 5.74) is 0.928. The zero-order valence-corrected chi connectivity index (χ0v) is 8.95. The van der Waals surface area contributed by atoms with Gasteiger partial charge in [-0.2, -0.15) is 0 Å². The molecule has 88 valence electrons. The third-order valence-electron chi connectivity index (χ3n) is 2.63. The molecule has 16 heavy (non-hydrogen) atoms. The number of hydrogen-bond donors (Lipinski definition) is 2. The molecule has 1 aromatic rings. The third kappa shape index (κ3) is 2.59. The van der Waals surface area contributed by atoms with Crippen LogP contribution in [0.1, 0.15) is 18.3 Å². The lowest BCUT2D eigenvalue weighted by molar-refractivity contribution is -0.258. The first kappa shape index (κ1) is 11.5. The van der Waals surface area contributed by atoms with E-state index in [1.807, 2.05) is 30.3 Å². The van der Waals surface area contributed by atoms with Crippen LogP contribution in [0.3, 0.4) is 0 Å². The molecule has 3 unspecified atom stereocenters.